The van der Waals surface area contributed by atoms with Crippen molar-refractivity contribution in [2.24, 2.45) is 0 Å². The van der Waals surface area contributed by atoms with E-state index in [0.29, 0.717) is 18.7 Å². The summed E-state index contributed by atoms with van der Waals surface area (Å²) in [6.45, 7) is -1.85. The predicted molar refractivity (Wildman–Crippen MR) is 119 cm³/mol. The molecule has 5 rings (SSSR count). The van der Waals surface area contributed by atoms with E-state index in [4.69, 9.17) is 9.72 Å². The van der Waals surface area contributed by atoms with Crippen molar-refractivity contribution in [1.29, 1.82) is 0 Å². The fraction of sp³-hybridized carbons (Fsp3) is 0.217. The third-order valence-electron chi connectivity index (χ3n) is 5.64. The van der Waals surface area contributed by atoms with Crippen molar-refractivity contribution in [3.63, 3.8) is 0 Å². The molecule has 0 amide bonds. The van der Waals surface area contributed by atoms with Gasteiger partial charge >= 0.3 is 6.61 Å². The largest absolute Gasteiger partial charge is 0.434 e. The third kappa shape index (κ3) is 4.07. The van der Waals surface area contributed by atoms with E-state index in [1.165, 1.54) is 18.3 Å². The molecule has 0 saturated heterocycles. The fourth-order valence-corrected chi connectivity index (χ4v) is 4.74. The lowest BCUT2D eigenvalue weighted by molar-refractivity contribution is -0.0507. The molecule has 0 fully saturated rings. The van der Waals surface area contributed by atoms with Crippen LogP contribution in [0.5, 0.6) is 5.75 Å². The second-order valence-electron chi connectivity index (χ2n) is 7.82. The Morgan fingerprint density at radius 1 is 1.12 bits per heavy atom. The van der Waals surface area contributed by atoms with Crippen molar-refractivity contribution in [3.05, 3.63) is 72.2 Å². The number of ether oxygens (including phenoxy) is 1. The zero-order valence-electron chi connectivity index (χ0n) is 17.6. The van der Waals surface area contributed by atoms with Crippen molar-refractivity contribution in [2.75, 3.05) is 12.8 Å². The van der Waals surface area contributed by atoms with Crippen LogP contribution in [0.25, 0.3) is 22.2 Å². The normalized spacial score (nSPS) is 16.2. The molecule has 170 valence electrons. The molecule has 0 bridgehead atoms. The summed E-state index contributed by atoms with van der Waals surface area (Å²) in [5, 5.41) is 3.31. The summed E-state index contributed by atoms with van der Waals surface area (Å²) in [4.78, 5) is 8.79. The van der Waals surface area contributed by atoms with Crippen LogP contribution >= 0.6 is 0 Å². The summed E-state index contributed by atoms with van der Waals surface area (Å²) in [5.41, 5.74) is 3.84. The molecule has 0 spiro atoms. The molecule has 2 aromatic heterocycles. The lowest BCUT2D eigenvalue weighted by Gasteiger charge is -2.28. The molecule has 1 atom stereocenters. The van der Waals surface area contributed by atoms with Gasteiger partial charge in [-0.2, -0.15) is 8.78 Å². The Morgan fingerprint density at radius 3 is 2.64 bits per heavy atom. The number of hydrogen-bond acceptors (Lipinski definition) is 6. The Kier molecular flexibility index (Phi) is 5.34. The highest BCUT2D eigenvalue weighted by Gasteiger charge is 2.27. The number of nitrogens with zero attached hydrogens (tertiary/aromatic N) is 3. The molecule has 4 aromatic rings. The van der Waals surface area contributed by atoms with E-state index in [2.05, 4.69) is 10.3 Å². The molecule has 0 unspecified atom stereocenters. The molecule has 1 aliphatic rings. The van der Waals surface area contributed by atoms with Crippen molar-refractivity contribution in [1.82, 2.24) is 19.9 Å². The number of fused-ring (bicyclic) bond motifs is 3. The number of para-hydroxylation sites is 1. The highest BCUT2D eigenvalue weighted by molar-refractivity contribution is 7.90. The van der Waals surface area contributed by atoms with Gasteiger partial charge in [0.1, 0.15) is 11.6 Å². The number of nitrogens with one attached hydrogen (secondary N) is 1. The van der Waals surface area contributed by atoms with Crippen LogP contribution in [-0.2, 0) is 16.4 Å². The number of hydrogen-bond donors (Lipinski definition) is 1. The van der Waals surface area contributed by atoms with Gasteiger partial charge in [-0.1, -0.05) is 24.3 Å². The van der Waals surface area contributed by atoms with Gasteiger partial charge in [-0.05, 0) is 35.9 Å². The maximum Gasteiger partial charge on any atom is 0.387 e. The number of aromatic nitrogens is 3. The SMILES string of the molecule is CS(=O)(=O)c1ccc(-c2ccc3nc4n(c3c2)[C@H](c2ccccc2OC(F)F)CNC4)cn1. The highest BCUT2D eigenvalue weighted by Crippen LogP contribution is 2.35. The first-order valence-corrected chi connectivity index (χ1v) is 12.1. The van der Waals surface area contributed by atoms with Crippen LogP contribution in [0.1, 0.15) is 17.4 Å². The number of halogens is 2. The van der Waals surface area contributed by atoms with E-state index in [0.717, 1.165) is 34.2 Å². The van der Waals surface area contributed by atoms with Crippen LogP contribution < -0.4 is 10.1 Å². The van der Waals surface area contributed by atoms with Gasteiger partial charge in [0.05, 0.1) is 23.6 Å². The molecule has 33 heavy (non-hydrogen) atoms. The van der Waals surface area contributed by atoms with Crippen molar-refractivity contribution in [3.8, 4) is 16.9 Å². The molecule has 1 N–H and O–H groups in total. The monoisotopic (exact) mass is 470 g/mol. The van der Waals surface area contributed by atoms with Gasteiger partial charge in [0.25, 0.3) is 0 Å². The van der Waals surface area contributed by atoms with Crippen LogP contribution in [-0.4, -0.2) is 42.4 Å². The zero-order chi connectivity index (χ0) is 23.2. The van der Waals surface area contributed by atoms with Crippen LogP contribution in [0, 0.1) is 0 Å². The summed E-state index contributed by atoms with van der Waals surface area (Å²) >= 11 is 0. The average Bonchev–Trinajstić information content (AvgIpc) is 3.17. The predicted octanol–water partition coefficient (Wildman–Crippen LogP) is 3.80. The average molecular weight is 471 g/mol. The number of sulfone groups is 1. The second-order valence-corrected chi connectivity index (χ2v) is 9.78. The standard InChI is InChI=1S/C23H20F2N4O3S/c1-33(30,31)22-9-7-15(11-27-22)14-6-8-17-18(10-14)29-19(12-26-13-21(29)28-17)16-4-2-3-5-20(16)32-23(24)25/h2-11,19,23,26H,12-13H2,1H3/t19-/m0/s1. The summed E-state index contributed by atoms with van der Waals surface area (Å²) in [7, 11) is -3.39. The smallest absolute Gasteiger partial charge is 0.387 e. The van der Waals surface area contributed by atoms with Crippen LogP contribution in [0.2, 0.25) is 0 Å². The topological polar surface area (TPSA) is 86.1 Å². The van der Waals surface area contributed by atoms with Gasteiger partial charge in [0.15, 0.2) is 14.9 Å². The summed E-state index contributed by atoms with van der Waals surface area (Å²) in [6.07, 6.45) is 2.64. The van der Waals surface area contributed by atoms with E-state index < -0.39 is 16.4 Å². The van der Waals surface area contributed by atoms with E-state index in [1.807, 2.05) is 22.8 Å². The summed E-state index contributed by atoms with van der Waals surface area (Å²) < 4.78 is 56.2. The number of pyridine rings is 1. The quantitative estimate of drug-likeness (QED) is 0.478. The molecule has 0 radical (unpaired) electrons. The van der Waals surface area contributed by atoms with E-state index >= 15 is 0 Å². The van der Waals surface area contributed by atoms with Crippen molar-refractivity contribution in [2.45, 2.75) is 24.2 Å². The van der Waals surface area contributed by atoms with E-state index in [1.54, 1.807) is 24.3 Å². The van der Waals surface area contributed by atoms with Gasteiger partial charge in [-0.3, -0.25) is 0 Å². The molecule has 10 heteroatoms. The molecule has 0 saturated carbocycles. The molecular weight excluding hydrogens is 450 g/mol. The lowest BCUT2D eigenvalue weighted by atomic mass is 10.0. The molecule has 3 heterocycles. The van der Waals surface area contributed by atoms with Gasteiger partial charge in [0.2, 0.25) is 0 Å². The van der Waals surface area contributed by atoms with E-state index in [-0.39, 0.29) is 16.8 Å². The number of alkyl halides is 2. The maximum atomic E-state index is 13.0. The first kappa shape index (κ1) is 21.5. The first-order chi connectivity index (χ1) is 15.8. The number of rotatable bonds is 5. The van der Waals surface area contributed by atoms with Gasteiger partial charge in [0, 0.05) is 30.1 Å². The minimum absolute atomic E-state index is 0.0100. The molecule has 7 nitrogen and oxygen atoms in total. The van der Waals surface area contributed by atoms with Gasteiger partial charge < -0.3 is 14.6 Å². The minimum Gasteiger partial charge on any atom is -0.434 e. The Hall–Kier alpha value is -3.37. The minimum atomic E-state index is -3.39. The molecule has 0 aliphatic carbocycles. The second kappa shape index (κ2) is 8.20. The lowest BCUT2D eigenvalue weighted by Crippen LogP contribution is -2.34. The van der Waals surface area contributed by atoms with Gasteiger partial charge in [-0.15, -0.1) is 0 Å². The Morgan fingerprint density at radius 2 is 1.91 bits per heavy atom. The Balaban J connectivity index is 1.61. The van der Waals surface area contributed by atoms with E-state index in [9.17, 15) is 17.2 Å². The summed E-state index contributed by atoms with van der Waals surface area (Å²) in [5.74, 6) is 0.918. The van der Waals surface area contributed by atoms with Crippen molar-refractivity contribution >= 4 is 20.9 Å². The Labute approximate surface area is 189 Å². The third-order valence-corrected chi connectivity index (χ3v) is 6.64. The summed E-state index contributed by atoms with van der Waals surface area (Å²) in [6, 6.07) is 15.4. The molecule has 2 aromatic carbocycles. The molecule has 1 aliphatic heterocycles. The number of benzene rings is 2. The Bertz CT molecular complexity index is 1440. The van der Waals surface area contributed by atoms with Crippen LogP contribution in [0.4, 0.5) is 8.78 Å². The van der Waals surface area contributed by atoms with Gasteiger partial charge in [-0.25, -0.2) is 18.4 Å². The first-order valence-electron chi connectivity index (χ1n) is 10.2. The van der Waals surface area contributed by atoms with Crippen LogP contribution in [0.15, 0.2) is 65.8 Å². The fourth-order valence-electron chi connectivity index (χ4n) is 4.19. The zero-order valence-corrected chi connectivity index (χ0v) is 18.4. The maximum absolute atomic E-state index is 13.0. The van der Waals surface area contributed by atoms with Crippen molar-refractivity contribution < 1.29 is 21.9 Å². The highest BCUT2D eigenvalue weighted by atomic mass is 32.2. The number of imidazole rings is 1. The van der Waals surface area contributed by atoms with Crippen LogP contribution in [0.3, 0.4) is 0 Å². The molecular formula is C23H20F2N4O3S.